The summed E-state index contributed by atoms with van der Waals surface area (Å²) in [6, 6.07) is 16.1. The van der Waals surface area contributed by atoms with E-state index in [9.17, 15) is 19.5 Å². The molecule has 0 unspecified atom stereocenters. The van der Waals surface area contributed by atoms with Crippen LogP contribution < -0.4 is 5.32 Å². The van der Waals surface area contributed by atoms with Crippen molar-refractivity contribution in [1.82, 2.24) is 14.7 Å². The average molecular weight is 475 g/mol. The molecule has 2 aliphatic rings. The van der Waals surface area contributed by atoms with Crippen LogP contribution in [0.15, 0.2) is 54.7 Å². The average Bonchev–Trinajstić information content (AvgIpc) is 3.51. The highest BCUT2D eigenvalue weighted by atomic mass is 16.5. The summed E-state index contributed by atoms with van der Waals surface area (Å²) in [5, 5.41) is 16.4. The Balaban J connectivity index is 1.32. The van der Waals surface area contributed by atoms with Crippen molar-refractivity contribution in [2.75, 3.05) is 18.5 Å². The van der Waals surface area contributed by atoms with Crippen molar-refractivity contribution < 1.29 is 24.2 Å². The van der Waals surface area contributed by atoms with E-state index in [1.807, 2.05) is 36.4 Å². The monoisotopic (exact) mass is 474 g/mol. The van der Waals surface area contributed by atoms with Gasteiger partial charge < -0.3 is 14.7 Å². The maximum atomic E-state index is 13.2. The van der Waals surface area contributed by atoms with Crippen LogP contribution in [0.2, 0.25) is 0 Å². The lowest BCUT2D eigenvalue weighted by Gasteiger charge is -2.31. The van der Waals surface area contributed by atoms with Gasteiger partial charge in [-0.1, -0.05) is 48.5 Å². The van der Waals surface area contributed by atoms with Gasteiger partial charge in [0, 0.05) is 25.7 Å². The molecule has 35 heavy (non-hydrogen) atoms. The van der Waals surface area contributed by atoms with Crippen molar-refractivity contribution >= 4 is 23.8 Å². The summed E-state index contributed by atoms with van der Waals surface area (Å²) < 4.78 is 6.98. The zero-order valence-corrected chi connectivity index (χ0v) is 19.5. The molecular weight excluding hydrogens is 448 g/mol. The number of benzene rings is 2. The van der Waals surface area contributed by atoms with Crippen LogP contribution in [0, 0.1) is 0 Å². The second kappa shape index (κ2) is 8.57. The van der Waals surface area contributed by atoms with Crippen molar-refractivity contribution in [1.29, 1.82) is 0 Å². The molecule has 180 valence electrons. The van der Waals surface area contributed by atoms with Crippen LogP contribution in [0.4, 0.5) is 10.6 Å². The smallest absolute Gasteiger partial charge is 0.412 e. The quantitative estimate of drug-likeness (QED) is 0.581. The molecule has 0 spiro atoms. The zero-order chi connectivity index (χ0) is 24.7. The number of nitrogens with one attached hydrogen (secondary N) is 1. The number of ether oxygens (including phenoxy) is 1. The molecule has 9 nitrogen and oxygen atoms in total. The van der Waals surface area contributed by atoms with E-state index in [-0.39, 0.29) is 23.9 Å². The lowest BCUT2D eigenvalue weighted by molar-refractivity contribution is -0.147. The Labute approximate surface area is 202 Å². The lowest BCUT2D eigenvalue weighted by atomic mass is 9.98. The second-order valence-corrected chi connectivity index (χ2v) is 9.15. The van der Waals surface area contributed by atoms with Crippen molar-refractivity contribution in [3.8, 4) is 11.1 Å². The Morgan fingerprint density at radius 2 is 1.74 bits per heavy atom. The Morgan fingerprint density at radius 1 is 1.11 bits per heavy atom. The highest BCUT2D eigenvalue weighted by Gasteiger charge is 2.47. The normalized spacial score (nSPS) is 18.7. The largest absolute Gasteiger partial charge is 0.480 e. The van der Waals surface area contributed by atoms with Gasteiger partial charge in [0.25, 0.3) is 5.91 Å². The van der Waals surface area contributed by atoms with Crippen molar-refractivity contribution in [2.45, 2.75) is 31.2 Å². The topological polar surface area (TPSA) is 114 Å². The summed E-state index contributed by atoms with van der Waals surface area (Å²) in [5.41, 5.74) is 3.27. The molecule has 1 aliphatic carbocycles. The number of carbonyl (C=O) groups is 3. The maximum absolute atomic E-state index is 13.2. The number of rotatable bonds is 5. The number of hydrogen-bond acceptors (Lipinski definition) is 5. The molecule has 1 saturated heterocycles. The molecule has 2 heterocycles. The summed E-state index contributed by atoms with van der Waals surface area (Å²) in [7, 11) is 1.63. The van der Waals surface area contributed by atoms with Gasteiger partial charge in [0.1, 0.15) is 17.7 Å². The molecule has 1 aliphatic heterocycles. The third-order valence-corrected chi connectivity index (χ3v) is 6.97. The van der Waals surface area contributed by atoms with Crippen LogP contribution in [0.5, 0.6) is 0 Å². The molecule has 0 bridgehead atoms. The van der Waals surface area contributed by atoms with E-state index < -0.39 is 23.5 Å². The Hall–Kier alpha value is -4.14. The molecule has 5 rings (SSSR count). The third-order valence-electron chi connectivity index (χ3n) is 6.97. The number of likely N-dealkylation sites (tertiary alicyclic amines) is 1. The number of aliphatic carboxylic acids is 1. The highest BCUT2D eigenvalue weighted by Crippen LogP contribution is 2.44. The predicted molar refractivity (Wildman–Crippen MR) is 128 cm³/mol. The fourth-order valence-electron chi connectivity index (χ4n) is 5.13. The van der Waals surface area contributed by atoms with Gasteiger partial charge in [0.2, 0.25) is 0 Å². The second-order valence-electron chi connectivity index (χ2n) is 9.15. The number of aryl methyl sites for hydroxylation is 1. The van der Waals surface area contributed by atoms with E-state index in [1.165, 1.54) is 22.7 Å². The van der Waals surface area contributed by atoms with Crippen LogP contribution in [0.25, 0.3) is 11.1 Å². The van der Waals surface area contributed by atoms with Gasteiger partial charge in [0.05, 0.1) is 0 Å². The third kappa shape index (κ3) is 3.82. The molecule has 1 aromatic heterocycles. The van der Waals surface area contributed by atoms with Gasteiger partial charge in [-0.15, -0.1) is 0 Å². The first-order valence-corrected chi connectivity index (χ1v) is 11.5. The molecule has 2 N–H and O–H groups in total. The van der Waals surface area contributed by atoms with Gasteiger partial charge in [-0.25, -0.2) is 9.59 Å². The molecule has 1 fully saturated rings. The standard InChI is InChI=1S/C26H26N4O5/c1-26(24(32)33)12-7-13-30(26)23(31)20-14-29(2)28-22(20)27-25(34)35-15-21-18-10-5-3-8-16(18)17-9-4-6-11-19(17)21/h3-6,8-11,14,21H,7,12-13,15H2,1-2H3,(H,32,33)(H,27,28,34)/t26-/m1/s1. The summed E-state index contributed by atoms with van der Waals surface area (Å²) in [5.74, 6) is -1.61. The van der Waals surface area contributed by atoms with Gasteiger partial charge in [-0.05, 0) is 42.0 Å². The number of anilines is 1. The van der Waals surface area contributed by atoms with Gasteiger partial charge >= 0.3 is 12.1 Å². The molecule has 2 aromatic carbocycles. The number of aromatic nitrogens is 2. The highest BCUT2D eigenvalue weighted by molar-refractivity contribution is 6.03. The van der Waals surface area contributed by atoms with Crippen molar-refractivity contribution in [2.24, 2.45) is 7.05 Å². The van der Waals surface area contributed by atoms with Crippen LogP contribution in [0.1, 0.15) is 47.2 Å². The zero-order valence-electron chi connectivity index (χ0n) is 19.5. The molecule has 2 amide bonds. The number of fused-ring (bicyclic) bond motifs is 3. The molecule has 9 heteroatoms. The molecule has 0 saturated carbocycles. The van der Waals surface area contributed by atoms with Crippen LogP contribution in [-0.4, -0.2) is 56.4 Å². The van der Waals surface area contributed by atoms with Crippen molar-refractivity contribution in [3.05, 3.63) is 71.4 Å². The first kappa shape index (κ1) is 22.6. The van der Waals surface area contributed by atoms with E-state index >= 15 is 0 Å². The summed E-state index contributed by atoms with van der Waals surface area (Å²) in [4.78, 5) is 39.1. The molecule has 1 atom stereocenters. The fourth-order valence-corrected chi connectivity index (χ4v) is 5.13. The van der Waals surface area contributed by atoms with Gasteiger partial charge in [-0.3, -0.25) is 14.8 Å². The Morgan fingerprint density at radius 3 is 2.37 bits per heavy atom. The van der Waals surface area contributed by atoms with Gasteiger partial charge in [-0.2, -0.15) is 5.10 Å². The SMILES string of the molecule is Cn1cc(C(=O)N2CCC[C@]2(C)C(=O)O)c(NC(=O)OCC2c3ccccc3-c3ccccc32)n1. The number of carboxylic acids is 1. The van der Waals surface area contributed by atoms with Crippen molar-refractivity contribution in [3.63, 3.8) is 0 Å². The number of carboxylic acid groups (broad SMARTS) is 1. The van der Waals surface area contributed by atoms with E-state index in [1.54, 1.807) is 7.05 Å². The summed E-state index contributed by atoms with van der Waals surface area (Å²) in [6.45, 7) is 1.98. The minimum absolute atomic E-state index is 0.0364. The molecular formula is C26H26N4O5. The number of amides is 2. The minimum Gasteiger partial charge on any atom is -0.480 e. The Bertz CT molecular complexity index is 1290. The minimum atomic E-state index is -1.30. The fraction of sp³-hybridized carbons (Fsp3) is 0.308. The first-order valence-electron chi connectivity index (χ1n) is 11.5. The van der Waals surface area contributed by atoms with Crippen LogP contribution >= 0.6 is 0 Å². The lowest BCUT2D eigenvalue weighted by Crippen LogP contribution is -2.50. The van der Waals surface area contributed by atoms with E-state index in [0.29, 0.717) is 19.4 Å². The number of hydrogen-bond donors (Lipinski definition) is 2. The van der Waals surface area contributed by atoms with Crippen LogP contribution in [-0.2, 0) is 16.6 Å². The van der Waals surface area contributed by atoms with E-state index in [2.05, 4.69) is 22.5 Å². The number of nitrogens with zero attached hydrogens (tertiary/aromatic N) is 3. The summed E-state index contributed by atoms with van der Waals surface area (Å²) >= 11 is 0. The first-order chi connectivity index (χ1) is 16.8. The number of carbonyl (C=O) groups excluding carboxylic acids is 2. The van der Waals surface area contributed by atoms with E-state index in [4.69, 9.17) is 4.74 Å². The van der Waals surface area contributed by atoms with Gasteiger partial charge in [0.15, 0.2) is 5.82 Å². The van der Waals surface area contributed by atoms with E-state index in [0.717, 1.165) is 22.3 Å². The molecule has 0 radical (unpaired) electrons. The Kier molecular flexibility index (Phi) is 5.55. The predicted octanol–water partition coefficient (Wildman–Crippen LogP) is 3.86. The summed E-state index contributed by atoms with van der Waals surface area (Å²) in [6.07, 6.45) is 1.69. The van der Waals surface area contributed by atoms with Crippen LogP contribution in [0.3, 0.4) is 0 Å². The molecule has 3 aromatic rings. The maximum Gasteiger partial charge on any atom is 0.412 e.